The van der Waals surface area contributed by atoms with E-state index < -0.39 is 11.5 Å². The highest BCUT2D eigenvalue weighted by Crippen LogP contribution is 2.15. The van der Waals surface area contributed by atoms with Crippen LogP contribution in [0.5, 0.6) is 0 Å². The largest absolute Gasteiger partial charge is 0.462 e. The zero-order valence-corrected chi connectivity index (χ0v) is 12.4. The number of halogens is 1. The summed E-state index contributed by atoms with van der Waals surface area (Å²) in [6, 6.07) is 8.70. The summed E-state index contributed by atoms with van der Waals surface area (Å²) in [5.74, 6) is -0.687. The number of rotatable bonds is 3. The molecular formula is C15H12ClN3O3. The molecule has 112 valence electrons. The van der Waals surface area contributed by atoms with Gasteiger partial charge in [-0.2, -0.15) is 4.52 Å². The van der Waals surface area contributed by atoms with Crippen LogP contribution >= 0.6 is 11.6 Å². The Morgan fingerprint density at radius 2 is 2.18 bits per heavy atom. The van der Waals surface area contributed by atoms with Crippen LogP contribution in [0.4, 0.5) is 0 Å². The number of hydrogen-bond donors (Lipinski definition) is 0. The van der Waals surface area contributed by atoms with Crippen LogP contribution < -0.4 is 5.56 Å². The van der Waals surface area contributed by atoms with Crippen molar-refractivity contribution < 1.29 is 9.53 Å². The van der Waals surface area contributed by atoms with Gasteiger partial charge in [-0.05, 0) is 25.1 Å². The predicted molar refractivity (Wildman–Crippen MR) is 81.8 cm³/mol. The Morgan fingerprint density at radius 3 is 2.91 bits per heavy atom. The van der Waals surface area contributed by atoms with Crippen LogP contribution in [0.25, 0.3) is 11.3 Å². The molecule has 0 atom stereocenters. The monoisotopic (exact) mass is 317 g/mol. The van der Waals surface area contributed by atoms with E-state index in [9.17, 15) is 9.59 Å². The molecule has 0 unspecified atom stereocenters. The van der Waals surface area contributed by atoms with Gasteiger partial charge < -0.3 is 4.74 Å². The average molecular weight is 318 g/mol. The summed E-state index contributed by atoms with van der Waals surface area (Å²) < 4.78 is 7.76. The van der Waals surface area contributed by atoms with Gasteiger partial charge in [0.05, 0.1) is 12.3 Å². The number of ether oxygens (including phenoxy) is 1. The second-order valence-corrected chi connectivity index (χ2v) is 4.94. The molecule has 0 saturated heterocycles. The number of carbonyl (C=O) groups excluding carboxylic acids is 1. The number of hydrogen-bond acceptors (Lipinski definition) is 4. The Hall–Kier alpha value is -2.60. The normalized spacial score (nSPS) is 10.8. The maximum atomic E-state index is 12.6. The van der Waals surface area contributed by atoms with Gasteiger partial charge in [0.15, 0.2) is 5.65 Å². The van der Waals surface area contributed by atoms with Gasteiger partial charge in [-0.25, -0.2) is 9.78 Å². The van der Waals surface area contributed by atoms with E-state index in [4.69, 9.17) is 16.3 Å². The standard InChI is InChI=1S/C15H12ClN3O3/c1-2-22-15(21)12-9-17-13-6-7-18(19(13)14(12)20)11-5-3-4-10(16)8-11/h3-9H,2H2,1H3. The second kappa shape index (κ2) is 5.65. The molecule has 6 nitrogen and oxygen atoms in total. The maximum absolute atomic E-state index is 12.6. The molecule has 0 aliphatic heterocycles. The molecule has 0 bridgehead atoms. The number of esters is 1. The van der Waals surface area contributed by atoms with Crippen molar-refractivity contribution in [3.63, 3.8) is 0 Å². The van der Waals surface area contributed by atoms with Gasteiger partial charge in [-0.3, -0.25) is 9.48 Å². The molecule has 3 rings (SSSR count). The van der Waals surface area contributed by atoms with E-state index in [1.165, 1.54) is 10.7 Å². The summed E-state index contributed by atoms with van der Waals surface area (Å²) in [5.41, 5.74) is 0.514. The van der Waals surface area contributed by atoms with Crippen LogP contribution in [-0.2, 0) is 4.74 Å². The molecule has 2 aromatic heterocycles. The van der Waals surface area contributed by atoms with E-state index in [-0.39, 0.29) is 12.2 Å². The van der Waals surface area contributed by atoms with Gasteiger partial charge in [-0.15, -0.1) is 0 Å². The molecule has 22 heavy (non-hydrogen) atoms. The third-order valence-electron chi connectivity index (χ3n) is 3.11. The first-order chi connectivity index (χ1) is 10.6. The van der Waals surface area contributed by atoms with E-state index in [2.05, 4.69) is 4.98 Å². The zero-order valence-electron chi connectivity index (χ0n) is 11.7. The molecule has 0 N–H and O–H groups in total. The fourth-order valence-electron chi connectivity index (χ4n) is 2.15. The number of aromatic nitrogens is 3. The van der Waals surface area contributed by atoms with E-state index in [1.54, 1.807) is 48.1 Å². The smallest absolute Gasteiger partial charge is 0.345 e. The Kier molecular flexibility index (Phi) is 3.68. The van der Waals surface area contributed by atoms with Gasteiger partial charge in [0.25, 0.3) is 5.56 Å². The lowest BCUT2D eigenvalue weighted by Crippen LogP contribution is -2.27. The first-order valence-electron chi connectivity index (χ1n) is 6.64. The zero-order chi connectivity index (χ0) is 15.7. The SMILES string of the molecule is CCOC(=O)c1cnc2ccn(-c3cccc(Cl)c3)n2c1=O. The highest BCUT2D eigenvalue weighted by Gasteiger charge is 2.16. The van der Waals surface area contributed by atoms with Crippen LogP contribution in [0.2, 0.25) is 5.02 Å². The van der Waals surface area contributed by atoms with Crippen LogP contribution in [0.3, 0.4) is 0 Å². The lowest BCUT2D eigenvalue weighted by molar-refractivity contribution is 0.0523. The quantitative estimate of drug-likeness (QED) is 0.695. The van der Waals surface area contributed by atoms with Gasteiger partial charge >= 0.3 is 5.97 Å². The van der Waals surface area contributed by atoms with Gasteiger partial charge in [-0.1, -0.05) is 17.7 Å². The molecule has 0 spiro atoms. The Labute approximate surface area is 130 Å². The fraction of sp³-hybridized carbons (Fsp3) is 0.133. The van der Waals surface area contributed by atoms with Crippen LogP contribution in [0.15, 0.2) is 47.5 Å². The van der Waals surface area contributed by atoms with Gasteiger partial charge in [0.1, 0.15) is 5.56 Å². The van der Waals surface area contributed by atoms with Crippen molar-refractivity contribution >= 4 is 23.2 Å². The minimum atomic E-state index is -0.687. The molecule has 0 amide bonds. The molecule has 0 aliphatic carbocycles. The molecule has 2 heterocycles. The molecule has 7 heteroatoms. The van der Waals surface area contributed by atoms with Crippen molar-refractivity contribution in [3.05, 3.63) is 63.7 Å². The van der Waals surface area contributed by atoms with Crippen LogP contribution in [-0.4, -0.2) is 26.8 Å². The third-order valence-corrected chi connectivity index (χ3v) is 3.35. The summed E-state index contributed by atoms with van der Waals surface area (Å²) >= 11 is 5.99. The third kappa shape index (κ3) is 2.37. The number of benzene rings is 1. The Bertz CT molecular complexity index is 914. The summed E-state index contributed by atoms with van der Waals surface area (Å²) in [5, 5.41) is 0.543. The van der Waals surface area contributed by atoms with Crippen molar-refractivity contribution in [2.75, 3.05) is 6.61 Å². The molecule has 3 aromatic rings. The van der Waals surface area contributed by atoms with Crippen LogP contribution in [0.1, 0.15) is 17.3 Å². The summed E-state index contributed by atoms with van der Waals surface area (Å²) in [6.45, 7) is 1.87. The maximum Gasteiger partial charge on any atom is 0.345 e. The number of nitrogens with zero attached hydrogens (tertiary/aromatic N) is 3. The van der Waals surface area contributed by atoms with Crippen molar-refractivity contribution in [1.29, 1.82) is 0 Å². The Morgan fingerprint density at radius 1 is 1.36 bits per heavy atom. The van der Waals surface area contributed by atoms with Crippen molar-refractivity contribution in [2.24, 2.45) is 0 Å². The first kappa shape index (κ1) is 14.3. The van der Waals surface area contributed by atoms with E-state index in [1.807, 2.05) is 0 Å². The first-order valence-corrected chi connectivity index (χ1v) is 7.02. The number of carbonyl (C=O) groups is 1. The molecule has 0 aliphatic rings. The minimum absolute atomic E-state index is 0.110. The highest BCUT2D eigenvalue weighted by atomic mass is 35.5. The molecule has 0 radical (unpaired) electrons. The van der Waals surface area contributed by atoms with E-state index in [0.717, 1.165) is 0 Å². The van der Waals surface area contributed by atoms with Gasteiger partial charge in [0.2, 0.25) is 0 Å². The lowest BCUT2D eigenvalue weighted by atomic mass is 10.3. The second-order valence-electron chi connectivity index (χ2n) is 4.51. The number of fused-ring (bicyclic) bond motifs is 1. The topological polar surface area (TPSA) is 65.6 Å². The molecule has 0 fully saturated rings. The van der Waals surface area contributed by atoms with Crippen LogP contribution in [0, 0.1) is 0 Å². The summed E-state index contributed by atoms with van der Waals surface area (Å²) in [4.78, 5) is 28.5. The van der Waals surface area contributed by atoms with E-state index >= 15 is 0 Å². The van der Waals surface area contributed by atoms with Crippen molar-refractivity contribution in [2.45, 2.75) is 6.92 Å². The van der Waals surface area contributed by atoms with Crippen molar-refractivity contribution in [1.82, 2.24) is 14.2 Å². The van der Waals surface area contributed by atoms with Crippen molar-refractivity contribution in [3.8, 4) is 5.69 Å². The van der Waals surface area contributed by atoms with E-state index in [0.29, 0.717) is 16.4 Å². The minimum Gasteiger partial charge on any atom is -0.462 e. The predicted octanol–water partition coefficient (Wildman–Crippen LogP) is 2.32. The molecule has 0 saturated carbocycles. The fourth-order valence-corrected chi connectivity index (χ4v) is 2.34. The summed E-state index contributed by atoms with van der Waals surface area (Å²) in [6.07, 6.45) is 2.92. The lowest BCUT2D eigenvalue weighted by Gasteiger charge is -2.08. The molecular weight excluding hydrogens is 306 g/mol. The van der Waals surface area contributed by atoms with Gasteiger partial charge in [0, 0.05) is 23.5 Å². The summed E-state index contributed by atoms with van der Waals surface area (Å²) in [7, 11) is 0. The molecule has 1 aromatic carbocycles. The highest BCUT2D eigenvalue weighted by molar-refractivity contribution is 6.30. The Balaban J connectivity index is 2.23. The average Bonchev–Trinajstić information content (AvgIpc) is 2.92.